The predicted octanol–water partition coefficient (Wildman–Crippen LogP) is 1.50. The van der Waals surface area contributed by atoms with Gasteiger partial charge in [0.25, 0.3) is 11.8 Å². The van der Waals surface area contributed by atoms with E-state index in [2.05, 4.69) is 10.6 Å². The summed E-state index contributed by atoms with van der Waals surface area (Å²) in [6.07, 6.45) is 1.97. The Labute approximate surface area is 146 Å². The maximum atomic E-state index is 12.2. The molecule has 1 atom stereocenters. The van der Waals surface area contributed by atoms with E-state index in [1.165, 1.54) is 0 Å². The molecule has 0 heterocycles. The lowest BCUT2D eigenvalue weighted by Gasteiger charge is -2.14. The summed E-state index contributed by atoms with van der Waals surface area (Å²) in [6, 6.07) is 16.9. The van der Waals surface area contributed by atoms with Crippen LogP contribution < -0.4 is 15.5 Å². The molecule has 0 saturated carbocycles. The SMILES string of the molecule is CSc1ccccc1NC(=O)C[NH+](C)CC(=O)Nc1ccccc1. The van der Waals surface area contributed by atoms with Gasteiger partial charge in [0.2, 0.25) is 0 Å². The lowest BCUT2D eigenvalue weighted by Crippen LogP contribution is -3.11. The summed E-state index contributed by atoms with van der Waals surface area (Å²) >= 11 is 1.58. The van der Waals surface area contributed by atoms with Crippen LogP contribution in [0.2, 0.25) is 0 Å². The average molecular weight is 344 g/mol. The number of hydrogen-bond donors (Lipinski definition) is 3. The zero-order chi connectivity index (χ0) is 17.4. The number of carbonyl (C=O) groups is 2. The van der Waals surface area contributed by atoms with Crippen molar-refractivity contribution in [1.82, 2.24) is 0 Å². The maximum absolute atomic E-state index is 12.2. The van der Waals surface area contributed by atoms with Crippen LogP contribution in [0.1, 0.15) is 0 Å². The van der Waals surface area contributed by atoms with Crippen molar-refractivity contribution in [2.24, 2.45) is 0 Å². The third-order valence-electron chi connectivity index (χ3n) is 3.36. The van der Waals surface area contributed by atoms with Crippen molar-refractivity contribution in [2.45, 2.75) is 4.90 Å². The molecule has 0 aliphatic rings. The number of rotatable bonds is 7. The summed E-state index contributed by atoms with van der Waals surface area (Å²) in [5, 5.41) is 5.72. The summed E-state index contributed by atoms with van der Waals surface area (Å²) in [4.78, 5) is 26.0. The minimum absolute atomic E-state index is 0.110. The largest absolute Gasteiger partial charge is 0.322 e. The highest BCUT2D eigenvalue weighted by Gasteiger charge is 2.15. The smallest absolute Gasteiger partial charge is 0.279 e. The molecule has 1 unspecified atom stereocenters. The van der Waals surface area contributed by atoms with Gasteiger partial charge in [-0.3, -0.25) is 9.59 Å². The number of quaternary nitrogens is 1. The molecule has 2 amide bonds. The van der Waals surface area contributed by atoms with Gasteiger partial charge >= 0.3 is 0 Å². The van der Waals surface area contributed by atoms with Crippen molar-refractivity contribution < 1.29 is 14.5 Å². The lowest BCUT2D eigenvalue weighted by atomic mass is 10.3. The molecule has 0 aliphatic carbocycles. The van der Waals surface area contributed by atoms with E-state index in [-0.39, 0.29) is 24.9 Å². The van der Waals surface area contributed by atoms with Crippen molar-refractivity contribution in [2.75, 3.05) is 37.0 Å². The summed E-state index contributed by atoms with van der Waals surface area (Å²) < 4.78 is 0. The summed E-state index contributed by atoms with van der Waals surface area (Å²) in [7, 11) is 1.82. The summed E-state index contributed by atoms with van der Waals surface area (Å²) in [5.74, 6) is -0.225. The summed E-state index contributed by atoms with van der Waals surface area (Å²) in [6.45, 7) is 0.456. The molecule has 126 valence electrons. The van der Waals surface area contributed by atoms with Crippen LogP contribution >= 0.6 is 11.8 Å². The fourth-order valence-corrected chi connectivity index (χ4v) is 2.83. The van der Waals surface area contributed by atoms with Crippen LogP contribution in [0, 0.1) is 0 Å². The first-order chi connectivity index (χ1) is 11.6. The number of anilines is 2. The molecule has 0 radical (unpaired) electrons. The third-order valence-corrected chi connectivity index (χ3v) is 4.16. The van der Waals surface area contributed by atoms with E-state index in [9.17, 15) is 9.59 Å². The minimum Gasteiger partial charge on any atom is -0.322 e. The Morgan fingerprint density at radius 2 is 1.50 bits per heavy atom. The van der Waals surface area contributed by atoms with Crippen LogP contribution in [-0.4, -0.2) is 38.2 Å². The van der Waals surface area contributed by atoms with Gasteiger partial charge < -0.3 is 15.5 Å². The number of likely N-dealkylation sites (N-methyl/N-ethyl adjacent to an activating group) is 1. The molecule has 6 heteroatoms. The lowest BCUT2D eigenvalue weighted by molar-refractivity contribution is -0.862. The molecular weight excluding hydrogens is 322 g/mol. The molecule has 0 fully saturated rings. The molecule has 2 aromatic rings. The van der Waals surface area contributed by atoms with Crippen molar-refractivity contribution in [3.8, 4) is 0 Å². The normalized spacial score (nSPS) is 11.6. The molecule has 2 aromatic carbocycles. The number of thioether (sulfide) groups is 1. The number of para-hydroxylation sites is 2. The Morgan fingerprint density at radius 3 is 2.17 bits per heavy atom. The predicted molar refractivity (Wildman–Crippen MR) is 98.5 cm³/mol. The van der Waals surface area contributed by atoms with E-state index in [0.29, 0.717) is 0 Å². The van der Waals surface area contributed by atoms with Crippen LogP contribution in [-0.2, 0) is 9.59 Å². The highest BCUT2D eigenvalue weighted by Crippen LogP contribution is 2.24. The van der Waals surface area contributed by atoms with Crippen molar-refractivity contribution in [3.63, 3.8) is 0 Å². The first-order valence-electron chi connectivity index (χ1n) is 7.67. The van der Waals surface area contributed by atoms with Gasteiger partial charge in [-0.1, -0.05) is 30.3 Å². The van der Waals surface area contributed by atoms with E-state index >= 15 is 0 Å². The molecule has 24 heavy (non-hydrogen) atoms. The zero-order valence-corrected chi connectivity index (χ0v) is 14.7. The topological polar surface area (TPSA) is 62.6 Å². The Bertz CT molecular complexity index is 692. The standard InChI is InChI=1S/C18H21N3O2S/c1-21(12-17(22)19-14-8-4-3-5-9-14)13-18(23)20-15-10-6-7-11-16(15)24-2/h3-11H,12-13H2,1-2H3,(H,19,22)(H,20,23)/p+1. The van der Waals surface area contributed by atoms with E-state index in [0.717, 1.165) is 21.2 Å². The fourth-order valence-electron chi connectivity index (χ4n) is 2.28. The van der Waals surface area contributed by atoms with Gasteiger partial charge in [0.1, 0.15) is 0 Å². The zero-order valence-electron chi connectivity index (χ0n) is 13.8. The van der Waals surface area contributed by atoms with Gasteiger partial charge in [0.05, 0.1) is 12.7 Å². The number of benzene rings is 2. The number of hydrogen-bond acceptors (Lipinski definition) is 3. The minimum atomic E-state index is -0.115. The van der Waals surface area contributed by atoms with Crippen LogP contribution in [0.25, 0.3) is 0 Å². The molecule has 5 nitrogen and oxygen atoms in total. The Morgan fingerprint density at radius 1 is 0.917 bits per heavy atom. The quantitative estimate of drug-likeness (QED) is 0.667. The Kier molecular flexibility index (Phi) is 6.84. The monoisotopic (exact) mass is 344 g/mol. The van der Waals surface area contributed by atoms with Crippen LogP contribution in [0.4, 0.5) is 11.4 Å². The van der Waals surface area contributed by atoms with Crippen molar-refractivity contribution in [1.29, 1.82) is 0 Å². The highest BCUT2D eigenvalue weighted by atomic mass is 32.2. The van der Waals surface area contributed by atoms with Gasteiger partial charge in [-0.05, 0) is 30.5 Å². The molecule has 0 aliphatic heterocycles. The van der Waals surface area contributed by atoms with Gasteiger partial charge in [0.15, 0.2) is 13.1 Å². The van der Waals surface area contributed by atoms with Gasteiger partial charge in [-0.15, -0.1) is 11.8 Å². The highest BCUT2D eigenvalue weighted by molar-refractivity contribution is 7.98. The van der Waals surface area contributed by atoms with E-state index < -0.39 is 0 Å². The molecule has 2 rings (SSSR count). The first kappa shape index (κ1) is 18.0. The Hall–Kier alpha value is -2.31. The molecule has 0 aromatic heterocycles. The second-order valence-corrected chi connectivity index (χ2v) is 6.32. The number of amides is 2. The van der Waals surface area contributed by atoms with Gasteiger partial charge in [-0.25, -0.2) is 0 Å². The summed E-state index contributed by atoms with van der Waals surface area (Å²) in [5.41, 5.74) is 1.56. The fraction of sp³-hybridized carbons (Fsp3) is 0.222. The van der Waals surface area contributed by atoms with E-state index in [4.69, 9.17) is 0 Å². The first-order valence-corrected chi connectivity index (χ1v) is 8.90. The maximum Gasteiger partial charge on any atom is 0.279 e. The molecule has 0 bridgehead atoms. The van der Waals surface area contributed by atoms with Crippen molar-refractivity contribution >= 4 is 35.0 Å². The second-order valence-electron chi connectivity index (χ2n) is 5.47. The average Bonchev–Trinajstić information content (AvgIpc) is 2.55. The molecular formula is C18H22N3O2S+. The second kappa shape index (κ2) is 9.10. The van der Waals surface area contributed by atoms with E-state index in [1.807, 2.05) is 67.9 Å². The Balaban J connectivity index is 1.82. The van der Waals surface area contributed by atoms with Crippen LogP contribution in [0.15, 0.2) is 59.5 Å². The van der Waals surface area contributed by atoms with Crippen LogP contribution in [0.5, 0.6) is 0 Å². The molecule has 0 saturated heterocycles. The van der Waals surface area contributed by atoms with Gasteiger partial charge in [0, 0.05) is 10.6 Å². The molecule has 3 N–H and O–H groups in total. The number of carbonyl (C=O) groups excluding carboxylic acids is 2. The third kappa shape index (κ3) is 5.72. The number of nitrogens with one attached hydrogen (secondary N) is 3. The molecule has 0 spiro atoms. The van der Waals surface area contributed by atoms with Gasteiger partial charge in [-0.2, -0.15) is 0 Å². The van der Waals surface area contributed by atoms with Crippen LogP contribution in [0.3, 0.4) is 0 Å². The van der Waals surface area contributed by atoms with E-state index in [1.54, 1.807) is 11.8 Å². The van der Waals surface area contributed by atoms with Crippen molar-refractivity contribution in [3.05, 3.63) is 54.6 Å².